The number of sulfonamides is 2. The van der Waals surface area contributed by atoms with E-state index in [4.69, 9.17) is 5.73 Å². The van der Waals surface area contributed by atoms with Gasteiger partial charge in [0, 0.05) is 25.2 Å². The van der Waals surface area contributed by atoms with Crippen LogP contribution >= 0.6 is 0 Å². The lowest BCUT2D eigenvalue weighted by Gasteiger charge is -2.24. The molecule has 1 aromatic rings. The Balaban J connectivity index is 3.30. The normalized spacial score (nSPS) is 13.5. The quantitative estimate of drug-likeness (QED) is 0.708. The van der Waals surface area contributed by atoms with E-state index >= 15 is 0 Å². The molecule has 9 heteroatoms. The second-order valence-electron chi connectivity index (χ2n) is 5.76. The van der Waals surface area contributed by atoms with Gasteiger partial charge in [0.2, 0.25) is 20.0 Å². The van der Waals surface area contributed by atoms with Crippen molar-refractivity contribution < 1.29 is 16.8 Å². The van der Waals surface area contributed by atoms with Crippen LogP contribution in [-0.4, -0.2) is 46.3 Å². The molecule has 132 valence electrons. The Morgan fingerprint density at radius 1 is 1.09 bits per heavy atom. The second-order valence-corrected chi connectivity index (χ2v) is 9.38. The minimum absolute atomic E-state index is 0.0466. The van der Waals surface area contributed by atoms with E-state index in [2.05, 4.69) is 4.72 Å². The third-order valence-corrected chi connectivity index (χ3v) is 7.12. The number of nitrogens with one attached hydrogen (secondary N) is 1. The van der Waals surface area contributed by atoms with E-state index in [-0.39, 0.29) is 16.3 Å². The number of nitrogens with two attached hydrogens (primary N) is 1. The zero-order chi connectivity index (χ0) is 17.9. The first kappa shape index (κ1) is 20.0. The number of benzene rings is 1. The first-order valence-corrected chi connectivity index (χ1v) is 10.3. The lowest BCUT2D eigenvalue weighted by Crippen LogP contribution is -2.48. The highest BCUT2D eigenvalue weighted by atomic mass is 32.2. The molecule has 0 saturated carbocycles. The van der Waals surface area contributed by atoms with Gasteiger partial charge in [-0.3, -0.25) is 0 Å². The fourth-order valence-corrected chi connectivity index (χ4v) is 5.03. The molecule has 0 atom stereocenters. The molecule has 0 bridgehead atoms. The summed E-state index contributed by atoms with van der Waals surface area (Å²) in [5.41, 5.74) is 4.71. The van der Waals surface area contributed by atoms with Crippen molar-refractivity contribution in [1.29, 1.82) is 0 Å². The van der Waals surface area contributed by atoms with Gasteiger partial charge in [-0.15, -0.1) is 0 Å². The average Bonchev–Trinajstić information content (AvgIpc) is 2.47. The highest BCUT2D eigenvalue weighted by Crippen LogP contribution is 2.20. The molecule has 0 unspecified atom stereocenters. The third-order valence-electron chi connectivity index (χ3n) is 3.38. The van der Waals surface area contributed by atoms with Crippen molar-refractivity contribution in [2.24, 2.45) is 5.73 Å². The molecule has 0 spiro atoms. The molecule has 0 aromatic heterocycles. The van der Waals surface area contributed by atoms with Gasteiger partial charge in [0.15, 0.2) is 0 Å². The van der Waals surface area contributed by atoms with Crippen LogP contribution in [0.15, 0.2) is 34.1 Å². The zero-order valence-corrected chi connectivity index (χ0v) is 15.5. The Bertz CT molecular complexity index is 739. The second kappa shape index (κ2) is 7.27. The van der Waals surface area contributed by atoms with Crippen LogP contribution in [0.2, 0.25) is 0 Å². The largest absolute Gasteiger partial charge is 0.329 e. The van der Waals surface area contributed by atoms with E-state index in [9.17, 15) is 16.8 Å². The van der Waals surface area contributed by atoms with Gasteiger partial charge >= 0.3 is 0 Å². The van der Waals surface area contributed by atoms with Crippen LogP contribution < -0.4 is 10.5 Å². The first-order valence-electron chi connectivity index (χ1n) is 7.34. The van der Waals surface area contributed by atoms with Crippen molar-refractivity contribution in [2.75, 3.05) is 19.6 Å². The summed E-state index contributed by atoms with van der Waals surface area (Å²) in [5.74, 6) is 0. The lowest BCUT2D eigenvalue weighted by atomic mass is 10.1. The maximum absolute atomic E-state index is 12.5. The molecule has 0 saturated heterocycles. The highest BCUT2D eigenvalue weighted by Gasteiger charge is 2.27. The summed E-state index contributed by atoms with van der Waals surface area (Å²) in [5, 5.41) is 0. The fourth-order valence-electron chi connectivity index (χ4n) is 1.98. The third kappa shape index (κ3) is 4.74. The summed E-state index contributed by atoms with van der Waals surface area (Å²) in [4.78, 5) is -0.151. The van der Waals surface area contributed by atoms with Crippen LogP contribution in [-0.2, 0) is 20.0 Å². The monoisotopic (exact) mass is 363 g/mol. The van der Waals surface area contributed by atoms with Gasteiger partial charge in [-0.1, -0.05) is 19.9 Å². The molecule has 23 heavy (non-hydrogen) atoms. The molecule has 1 aromatic carbocycles. The Morgan fingerprint density at radius 2 is 1.61 bits per heavy atom. The SMILES string of the molecule is CCN(CC)S(=O)(=O)c1cccc(S(=O)(=O)NC(C)(C)CN)c1. The number of nitrogens with zero attached hydrogens (tertiary/aromatic N) is 1. The van der Waals surface area contributed by atoms with Gasteiger partial charge in [0.25, 0.3) is 0 Å². The first-order chi connectivity index (χ1) is 10.5. The summed E-state index contributed by atoms with van der Waals surface area (Å²) in [6, 6.07) is 5.33. The molecule has 7 nitrogen and oxygen atoms in total. The molecule has 1 rings (SSSR count). The van der Waals surface area contributed by atoms with E-state index in [0.29, 0.717) is 13.1 Å². The Labute approximate surface area is 139 Å². The van der Waals surface area contributed by atoms with Crippen LogP contribution in [0.1, 0.15) is 27.7 Å². The van der Waals surface area contributed by atoms with Crippen molar-refractivity contribution in [3.63, 3.8) is 0 Å². The topological polar surface area (TPSA) is 110 Å². The summed E-state index contributed by atoms with van der Waals surface area (Å²) >= 11 is 0. The average molecular weight is 364 g/mol. The molecular formula is C14H25N3O4S2. The smallest absolute Gasteiger partial charge is 0.243 e. The Kier molecular flexibility index (Phi) is 6.33. The maximum atomic E-state index is 12.5. The minimum atomic E-state index is -3.86. The van der Waals surface area contributed by atoms with Crippen molar-refractivity contribution >= 4 is 20.0 Å². The summed E-state index contributed by atoms with van der Waals surface area (Å²) in [7, 11) is -7.58. The molecule has 0 heterocycles. The van der Waals surface area contributed by atoms with Crippen LogP contribution in [0, 0.1) is 0 Å². The Morgan fingerprint density at radius 3 is 2.09 bits per heavy atom. The molecule has 0 radical (unpaired) electrons. The van der Waals surface area contributed by atoms with Gasteiger partial charge in [0.1, 0.15) is 0 Å². The fraction of sp³-hybridized carbons (Fsp3) is 0.571. The molecular weight excluding hydrogens is 338 g/mol. The van der Waals surface area contributed by atoms with Crippen LogP contribution in [0.3, 0.4) is 0 Å². The standard InChI is InChI=1S/C14H25N3O4S2/c1-5-17(6-2)23(20,21)13-9-7-8-12(10-13)22(18,19)16-14(3,4)11-15/h7-10,16H,5-6,11,15H2,1-4H3. The van der Waals surface area contributed by atoms with E-state index in [1.54, 1.807) is 27.7 Å². The van der Waals surface area contributed by atoms with E-state index in [1.807, 2.05) is 0 Å². The van der Waals surface area contributed by atoms with E-state index in [1.165, 1.54) is 28.6 Å². The van der Waals surface area contributed by atoms with Crippen LogP contribution in [0.4, 0.5) is 0 Å². The van der Waals surface area contributed by atoms with Crippen molar-refractivity contribution in [3.8, 4) is 0 Å². The molecule has 0 aliphatic carbocycles. The summed E-state index contributed by atoms with van der Waals surface area (Å²) < 4.78 is 53.6. The molecule has 0 aliphatic rings. The summed E-state index contributed by atoms with van der Waals surface area (Å²) in [6.45, 7) is 7.51. The summed E-state index contributed by atoms with van der Waals surface area (Å²) in [6.07, 6.45) is 0. The van der Waals surface area contributed by atoms with Crippen LogP contribution in [0.25, 0.3) is 0 Å². The number of hydrogen-bond donors (Lipinski definition) is 2. The molecule has 0 fully saturated rings. The zero-order valence-electron chi connectivity index (χ0n) is 13.9. The maximum Gasteiger partial charge on any atom is 0.243 e. The predicted octanol–water partition coefficient (Wildman–Crippen LogP) is 0.733. The van der Waals surface area contributed by atoms with Crippen molar-refractivity contribution in [1.82, 2.24) is 9.03 Å². The van der Waals surface area contributed by atoms with Gasteiger partial charge in [-0.2, -0.15) is 4.31 Å². The molecule has 3 N–H and O–H groups in total. The van der Waals surface area contributed by atoms with Gasteiger partial charge in [-0.25, -0.2) is 21.6 Å². The lowest BCUT2D eigenvalue weighted by molar-refractivity contribution is 0.445. The van der Waals surface area contributed by atoms with Gasteiger partial charge < -0.3 is 5.73 Å². The molecule has 0 amide bonds. The predicted molar refractivity (Wildman–Crippen MR) is 90.0 cm³/mol. The number of hydrogen-bond acceptors (Lipinski definition) is 5. The Hall–Kier alpha value is -1.00. The van der Waals surface area contributed by atoms with Crippen molar-refractivity contribution in [2.45, 2.75) is 43.0 Å². The van der Waals surface area contributed by atoms with E-state index < -0.39 is 25.6 Å². The molecule has 0 aliphatic heterocycles. The van der Waals surface area contributed by atoms with Gasteiger partial charge in [0.05, 0.1) is 9.79 Å². The number of rotatable bonds is 8. The highest BCUT2D eigenvalue weighted by molar-refractivity contribution is 7.90. The van der Waals surface area contributed by atoms with Crippen LogP contribution in [0.5, 0.6) is 0 Å². The van der Waals surface area contributed by atoms with Gasteiger partial charge in [-0.05, 0) is 32.0 Å². The van der Waals surface area contributed by atoms with Crippen molar-refractivity contribution in [3.05, 3.63) is 24.3 Å². The minimum Gasteiger partial charge on any atom is -0.329 e. The van der Waals surface area contributed by atoms with E-state index in [0.717, 1.165) is 0 Å².